The van der Waals surface area contributed by atoms with E-state index in [1.54, 1.807) is 13.8 Å². The average molecular weight is 419 g/mol. The van der Waals surface area contributed by atoms with Crippen LogP contribution in [0.3, 0.4) is 0 Å². The standard InChI is InChI=1S/C27H30O4/c1-26(2,29)22-17-11-12-18-24(22)31-27(3,21-15-9-6-10-16-21)23(19-25(28)30-4)20-13-7-5-8-14-20/h5-18,23,29H,19H2,1-4H3/t23-,27+/m0/s1. The van der Waals surface area contributed by atoms with Gasteiger partial charge in [0.05, 0.1) is 19.1 Å². The molecular weight excluding hydrogens is 388 g/mol. The van der Waals surface area contributed by atoms with Crippen LogP contribution >= 0.6 is 0 Å². The monoisotopic (exact) mass is 418 g/mol. The molecule has 162 valence electrons. The third kappa shape index (κ3) is 5.15. The van der Waals surface area contributed by atoms with Crippen molar-refractivity contribution in [2.24, 2.45) is 0 Å². The van der Waals surface area contributed by atoms with Gasteiger partial charge >= 0.3 is 5.97 Å². The van der Waals surface area contributed by atoms with E-state index in [4.69, 9.17) is 9.47 Å². The molecule has 0 aliphatic carbocycles. The van der Waals surface area contributed by atoms with E-state index in [2.05, 4.69) is 0 Å². The Morgan fingerprint density at radius 1 is 0.871 bits per heavy atom. The highest BCUT2D eigenvalue weighted by Crippen LogP contribution is 2.44. The first kappa shape index (κ1) is 22.6. The summed E-state index contributed by atoms with van der Waals surface area (Å²) in [4.78, 5) is 12.4. The van der Waals surface area contributed by atoms with Crippen LogP contribution in [0.2, 0.25) is 0 Å². The topological polar surface area (TPSA) is 55.8 Å². The summed E-state index contributed by atoms with van der Waals surface area (Å²) < 4.78 is 11.8. The molecule has 0 fully saturated rings. The molecule has 0 aliphatic heterocycles. The maximum Gasteiger partial charge on any atom is 0.306 e. The molecule has 3 aromatic carbocycles. The Bertz CT molecular complexity index is 993. The number of methoxy groups -OCH3 is 1. The van der Waals surface area contributed by atoms with Crippen molar-refractivity contribution in [2.75, 3.05) is 7.11 Å². The number of para-hydroxylation sites is 1. The number of carbonyl (C=O) groups excluding carboxylic acids is 1. The van der Waals surface area contributed by atoms with Crippen molar-refractivity contribution >= 4 is 5.97 Å². The van der Waals surface area contributed by atoms with Crippen molar-refractivity contribution in [1.82, 2.24) is 0 Å². The zero-order valence-electron chi connectivity index (χ0n) is 18.5. The van der Waals surface area contributed by atoms with Crippen molar-refractivity contribution in [1.29, 1.82) is 0 Å². The molecule has 0 aliphatic rings. The smallest absolute Gasteiger partial charge is 0.306 e. The molecule has 0 bridgehead atoms. The Morgan fingerprint density at radius 3 is 2.00 bits per heavy atom. The van der Waals surface area contributed by atoms with Crippen molar-refractivity contribution in [3.63, 3.8) is 0 Å². The lowest BCUT2D eigenvalue weighted by molar-refractivity contribution is -0.142. The maximum atomic E-state index is 12.4. The summed E-state index contributed by atoms with van der Waals surface area (Å²) in [6, 6.07) is 27.2. The first-order valence-electron chi connectivity index (χ1n) is 10.4. The van der Waals surface area contributed by atoms with E-state index in [0.717, 1.165) is 11.1 Å². The second kappa shape index (κ2) is 9.36. The zero-order chi connectivity index (χ0) is 22.5. The van der Waals surface area contributed by atoms with Gasteiger partial charge in [-0.1, -0.05) is 78.9 Å². The van der Waals surface area contributed by atoms with Crippen LogP contribution in [0, 0.1) is 0 Å². The number of aliphatic hydroxyl groups is 1. The molecule has 0 heterocycles. The van der Waals surface area contributed by atoms with Crippen molar-refractivity contribution in [2.45, 2.75) is 44.3 Å². The summed E-state index contributed by atoms with van der Waals surface area (Å²) in [5, 5.41) is 10.7. The molecule has 0 spiro atoms. The lowest BCUT2D eigenvalue weighted by Crippen LogP contribution is -2.38. The second-order valence-electron chi connectivity index (χ2n) is 8.37. The summed E-state index contributed by atoms with van der Waals surface area (Å²) in [7, 11) is 1.40. The molecule has 0 amide bonds. The van der Waals surface area contributed by atoms with E-state index in [1.165, 1.54) is 7.11 Å². The van der Waals surface area contributed by atoms with Crippen LogP contribution in [0.4, 0.5) is 0 Å². The number of ether oxygens (including phenoxy) is 2. The first-order valence-corrected chi connectivity index (χ1v) is 10.4. The van der Waals surface area contributed by atoms with E-state index >= 15 is 0 Å². The second-order valence-corrected chi connectivity index (χ2v) is 8.37. The minimum absolute atomic E-state index is 0.149. The van der Waals surface area contributed by atoms with Gasteiger partial charge in [0.2, 0.25) is 0 Å². The van der Waals surface area contributed by atoms with E-state index in [0.29, 0.717) is 11.3 Å². The van der Waals surface area contributed by atoms with Gasteiger partial charge in [-0.05, 0) is 38.0 Å². The Labute approximate surface area is 184 Å². The minimum atomic E-state index is -1.08. The summed E-state index contributed by atoms with van der Waals surface area (Å²) in [6.45, 7) is 5.46. The summed E-state index contributed by atoms with van der Waals surface area (Å²) >= 11 is 0. The van der Waals surface area contributed by atoms with Gasteiger partial charge in [-0.3, -0.25) is 4.79 Å². The van der Waals surface area contributed by atoms with Crippen LogP contribution < -0.4 is 4.74 Å². The summed E-state index contributed by atoms with van der Waals surface area (Å²) in [5.41, 5.74) is 0.594. The van der Waals surface area contributed by atoms with Crippen molar-refractivity contribution in [3.05, 3.63) is 102 Å². The Balaban J connectivity index is 2.18. The molecule has 1 N–H and O–H groups in total. The third-order valence-corrected chi connectivity index (χ3v) is 5.68. The Kier molecular flexibility index (Phi) is 6.81. The van der Waals surface area contributed by atoms with Crippen molar-refractivity contribution < 1.29 is 19.4 Å². The van der Waals surface area contributed by atoms with Gasteiger partial charge in [0.1, 0.15) is 11.4 Å². The molecule has 4 heteroatoms. The molecule has 4 nitrogen and oxygen atoms in total. The van der Waals surface area contributed by atoms with E-state index in [9.17, 15) is 9.90 Å². The maximum absolute atomic E-state index is 12.4. The molecule has 0 radical (unpaired) electrons. The van der Waals surface area contributed by atoms with Crippen LogP contribution in [0.15, 0.2) is 84.9 Å². The number of hydrogen-bond acceptors (Lipinski definition) is 4. The third-order valence-electron chi connectivity index (χ3n) is 5.68. The normalized spacial score (nSPS) is 14.4. The van der Waals surface area contributed by atoms with Gasteiger partial charge in [-0.25, -0.2) is 0 Å². The largest absolute Gasteiger partial charge is 0.482 e. The van der Waals surface area contributed by atoms with Crippen LogP contribution in [-0.2, 0) is 20.7 Å². The van der Waals surface area contributed by atoms with Crippen LogP contribution in [-0.4, -0.2) is 18.2 Å². The lowest BCUT2D eigenvalue weighted by Gasteiger charge is -2.40. The zero-order valence-corrected chi connectivity index (χ0v) is 18.5. The molecule has 0 unspecified atom stereocenters. The number of hydrogen-bond donors (Lipinski definition) is 1. The summed E-state index contributed by atoms with van der Waals surface area (Å²) in [6.07, 6.45) is 0.149. The molecule has 0 saturated heterocycles. The van der Waals surface area contributed by atoms with E-state index in [1.807, 2.05) is 91.9 Å². The number of carbonyl (C=O) groups is 1. The molecular formula is C27H30O4. The van der Waals surface area contributed by atoms with Crippen LogP contribution in [0.25, 0.3) is 0 Å². The summed E-state index contributed by atoms with van der Waals surface area (Å²) in [5.74, 6) is -0.0547. The Morgan fingerprint density at radius 2 is 1.42 bits per heavy atom. The van der Waals surface area contributed by atoms with E-state index < -0.39 is 11.2 Å². The van der Waals surface area contributed by atoms with E-state index in [-0.39, 0.29) is 18.3 Å². The minimum Gasteiger partial charge on any atom is -0.482 e. The quantitative estimate of drug-likeness (QED) is 0.487. The lowest BCUT2D eigenvalue weighted by atomic mass is 9.76. The molecule has 2 atom stereocenters. The van der Waals surface area contributed by atoms with Crippen LogP contribution in [0.1, 0.15) is 49.8 Å². The number of benzene rings is 3. The highest BCUT2D eigenvalue weighted by atomic mass is 16.5. The highest BCUT2D eigenvalue weighted by Gasteiger charge is 2.41. The molecule has 3 aromatic rings. The first-order chi connectivity index (χ1) is 14.8. The fourth-order valence-corrected chi connectivity index (χ4v) is 3.96. The van der Waals surface area contributed by atoms with Gasteiger partial charge in [0.25, 0.3) is 0 Å². The predicted molar refractivity (Wildman–Crippen MR) is 122 cm³/mol. The molecule has 31 heavy (non-hydrogen) atoms. The molecule has 0 saturated carbocycles. The van der Waals surface area contributed by atoms with Gasteiger partial charge in [-0.2, -0.15) is 0 Å². The number of rotatable bonds is 8. The SMILES string of the molecule is COC(=O)C[C@@H](c1ccccc1)[C@](C)(Oc1ccccc1C(C)(C)O)c1ccccc1. The van der Waals surface area contributed by atoms with Gasteiger partial charge in [-0.15, -0.1) is 0 Å². The fourth-order valence-electron chi connectivity index (χ4n) is 3.96. The van der Waals surface area contributed by atoms with Gasteiger partial charge < -0.3 is 14.6 Å². The number of esters is 1. The highest BCUT2D eigenvalue weighted by molar-refractivity contribution is 5.71. The predicted octanol–water partition coefficient (Wildman–Crippen LogP) is 5.56. The van der Waals surface area contributed by atoms with Crippen LogP contribution in [0.5, 0.6) is 5.75 Å². The molecule has 3 rings (SSSR count). The Hall–Kier alpha value is -3.11. The van der Waals surface area contributed by atoms with Crippen molar-refractivity contribution in [3.8, 4) is 5.75 Å². The van der Waals surface area contributed by atoms with Gasteiger partial charge in [0.15, 0.2) is 0 Å². The van der Waals surface area contributed by atoms with Gasteiger partial charge in [0, 0.05) is 11.5 Å². The fraction of sp³-hybridized carbons (Fsp3) is 0.296. The molecule has 0 aromatic heterocycles. The average Bonchev–Trinajstić information content (AvgIpc) is 2.78.